The topological polar surface area (TPSA) is 43.8 Å². The Hall–Kier alpha value is -0.990. The van der Waals surface area contributed by atoms with Gasteiger partial charge >= 0.3 is 0 Å². The summed E-state index contributed by atoms with van der Waals surface area (Å²) in [4.78, 5) is 4.31. The number of aromatic nitrogens is 2. The molecule has 0 radical (unpaired) electrons. The maximum Gasteiger partial charge on any atom is 0.126 e. The smallest absolute Gasteiger partial charge is 0.126 e. The van der Waals surface area contributed by atoms with Crippen molar-refractivity contribution < 1.29 is 0 Å². The molecular formula is C10H19N3. The molecule has 0 aliphatic heterocycles. The highest BCUT2D eigenvalue weighted by atomic mass is 15.1. The fourth-order valence-corrected chi connectivity index (χ4v) is 1.32. The lowest BCUT2D eigenvalue weighted by atomic mass is 9.90. The molecule has 0 amide bonds. The largest absolute Gasteiger partial charge is 0.384 e. The number of hydrogen-bond donors (Lipinski definition) is 1. The highest BCUT2D eigenvalue weighted by Crippen LogP contribution is 2.22. The summed E-state index contributed by atoms with van der Waals surface area (Å²) in [6, 6.07) is 0. The third kappa shape index (κ3) is 2.47. The van der Waals surface area contributed by atoms with Gasteiger partial charge in [0.05, 0.1) is 12.0 Å². The number of imidazole rings is 1. The molecule has 0 unspecified atom stereocenters. The molecule has 0 fully saturated rings. The number of nitrogen functional groups attached to an aromatic ring is 1. The second-order valence-electron chi connectivity index (χ2n) is 4.60. The number of nitrogens with two attached hydrogens (primary N) is 1. The van der Waals surface area contributed by atoms with Crippen molar-refractivity contribution in [1.29, 1.82) is 0 Å². The standard InChI is InChI=1S/C10H19N3/c1-5-13-7-12-8(9(13)11)6-10(2,3)4/h7H,5-6,11H2,1-4H3. The summed E-state index contributed by atoms with van der Waals surface area (Å²) in [6.07, 6.45) is 2.75. The van der Waals surface area contributed by atoms with E-state index in [0.717, 1.165) is 24.5 Å². The second-order valence-corrected chi connectivity index (χ2v) is 4.60. The Kier molecular flexibility index (Phi) is 2.64. The van der Waals surface area contributed by atoms with E-state index in [9.17, 15) is 0 Å². The third-order valence-corrected chi connectivity index (χ3v) is 2.00. The molecule has 1 aromatic heterocycles. The first-order chi connectivity index (χ1) is 5.94. The van der Waals surface area contributed by atoms with Crippen LogP contribution in [0.2, 0.25) is 0 Å². The van der Waals surface area contributed by atoms with Gasteiger partial charge in [-0.2, -0.15) is 0 Å². The first-order valence-electron chi connectivity index (χ1n) is 4.73. The van der Waals surface area contributed by atoms with Crippen molar-refractivity contribution in [2.45, 2.75) is 40.7 Å². The minimum absolute atomic E-state index is 0.251. The van der Waals surface area contributed by atoms with Crippen LogP contribution in [0.4, 0.5) is 5.82 Å². The fraction of sp³-hybridized carbons (Fsp3) is 0.700. The van der Waals surface area contributed by atoms with Gasteiger partial charge in [0, 0.05) is 6.54 Å². The van der Waals surface area contributed by atoms with Gasteiger partial charge in [-0.05, 0) is 18.8 Å². The molecule has 74 valence electrons. The molecule has 1 rings (SSSR count). The average molecular weight is 181 g/mol. The van der Waals surface area contributed by atoms with Crippen LogP contribution in [0.3, 0.4) is 0 Å². The second kappa shape index (κ2) is 3.40. The Morgan fingerprint density at radius 1 is 1.46 bits per heavy atom. The Bertz CT molecular complexity index is 281. The molecule has 0 aliphatic rings. The normalized spacial score (nSPS) is 12.0. The van der Waals surface area contributed by atoms with Crippen molar-refractivity contribution >= 4 is 5.82 Å². The lowest BCUT2D eigenvalue weighted by Gasteiger charge is -2.16. The van der Waals surface area contributed by atoms with E-state index in [0.29, 0.717) is 0 Å². The third-order valence-electron chi connectivity index (χ3n) is 2.00. The van der Waals surface area contributed by atoms with Crippen molar-refractivity contribution in [3.05, 3.63) is 12.0 Å². The molecule has 1 aromatic rings. The molecule has 0 aliphatic carbocycles. The maximum absolute atomic E-state index is 5.92. The average Bonchev–Trinajstić information content (AvgIpc) is 2.30. The lowest BCUT2D eigenvalue weighted by molar-refractivity contribution is 0.407. The summed E-state index contributed by atoms with van der Waals surface area (Å²) in [5.41, 5.74) is 7.20. The van der Waals surface area contributed by atoms with Crippen LogP contribution in [0.1, 0.15) is 33.4 Å². The first-order valence-corrected chi connectivity index (χ1v) is 4.73. The quantitative estimate of drug-likeness (QED) is 0.759. The zero-order valence-electron chi connectivity index (χ0n) is 8.96. The molecule has 0 saturated heterocycles. The molecule has 2 N–H and O–H groups in total. The van der Waals surface area contributed by atoms with Gasteiger partial charge in [0.1, 0.15) is 5.82 Å². The Morgan fingerprint density at radius 3 is 2.46 bits per heavy atom. The van der Waals surface area contributed by atoms with Gasteiger partial charge in [-0.1, -0.05) is 20.8 Å². The number of nitrogens with zero attached hydrogens (tertiary/aromatic N) is 2. The minimum atomic E-state index is 0.251. The van der Waals surface area contributed by atoms with Crippen molar-refractivity contribution in [2.24, 2.45) is 5.41 Å². The van der Waals surface area contributed by atoms with Crippen LogP contribution in [0.5, 0.6) is 0 Å². The first kappa shape index (κ1) is 10.1. The van der Waals surface area contributed by atoms with Crippen molar-refractivity contribution in [1.82, 2.24) is 9.55 Å². The van der Waals surface area contributed by atoms with Crippen molar-refractivity contribution in [2.75, 3.05) is 5.73 Å². The van der Waals surface area contributed by atoms with Crippen LogP contribution >= 0.6 is 0 Å². The molecule has 3 nitrogen and oxygen atoms in total. The van der Waals surface area contributed by atoms with Gasteiger partial charge in [0.25, 0.3) is 0 Å². The van der Waals surface area contributed by atoms with Crippen LogP contribution in [0.15, 0.2) is 6.33 Å². The van der Waals surface area contributed by atoms with E-state index in [4.69, 9.17) is 5.73 Å². The zero-order chi connectivity index (χ0) is 10.1. The van der Waals surface area contributed by atoms with E-state index < -0.39 is 0 Å². The summed E-state index contributed by atoms with van der Waals surface area (Å²) in [7, 11) is 0. The van der Waals surface area contributed by atoms with E-state index in [1.54, 1.807) is 0 Å². The van der Waals surface area contributed by atoms with Crippen molar-refractivity contribution in [3.8, 4) is 0 Å². The summed E-state index contributed by atoms with van der Waals surface area (Å²) in [6.45, 7) is 9.54. The summed E-state index contributed by atoms with van der Waals surface area (Å²) >= 11 is 0. The molecule has 0 bridgehead atoms. The summed E-state index contributed by atoms with van der Waals surface area (Å²) < 4.78 is 1.97. The lowest BCUT2D eigenvalue weighted by Crippen LogP contribution is -2.11. The van der Waals surface area contributed by atoms with Gasteiger partial charge in [-0.15, -0.1) is 0 Å². The Labute approximate surface area is 80.0 Å². The predicted molar refractivity (Wildman–Crippen MR) is 55.5 cm³/mol. The number of aryl methyl sites for hydroxylation is 1. The van der Waals surface area contributed by atoms with Crippen LogP contribution in [-0.2, 0) is 13.0 Å². The molecule has 13 heavy (non-hydrogen) atoms. The molecular weight excluding hydrogens is 162 g/mol. The SMILES string of the molecule is CCn1cnc(CC(C)(C)C)c1N. The number of anilines is 1. The van der Waals surface area contributed by atoms with Crippen LogP contribution in [-0.4, -0.2) is 9.55 Å². The van der Waals surface area contributed by atoms with Crippen LogP contribution in [0, 0.1) is 5.41 Å². The van der Waals surface area contributed by atoms with Crippen LogP contribution < -0.4 is 5.73 Å². The maximum atomic E-state index is 5.92. The molecule has 0 aromatic carbocycles. The Balaban J connectivity index is 2.84. The van der Waals surface area contributed by atoms with Crippen molar-refractivity contribution in [3.63, 3.8) is 0 Å². The molecule has 3 heteroatoms. The molecule has 0 spiro atoms. The highest BCUT2D eigenvalue weighted by Gasteiger charge is 2.16. The summed E-state index contributed by atoms with van der Waals surface area (Å²) in [5.74, 6) is 0.817. The highest BCUT2D eigenvalue weighted by molar-refractivity contribution is 5.36. The Morgan fingerprint density at radius 2 is 2.08 bits per heavy atom. The van der Waals surface area contributed by atoms with E-state index in [1.165, 1.54) is 0 Å². The van der Waals surface area contributed by atoms with Gasteiger partial charge in [0.15, 0.2) is 0 Å². The van der Waals surface area contributed by atoms with Gasteiger partial charge in [-0.25, -0.2) is 4.98 Å². The van der Waals surface area contributed by atoms with Crippen LogP contribution in [0.25, 0.3) is 0 Å². The monoisotopic (exact) mass is 181 g/mol. The fourth-order valence-electron chi connectivity index (χ4n) is 1.32. The molecule has 1 heterocycles. The van der Waals surface area contributed by atoms with Gasteiger partial charge in [0.2, 0.25) is 0 Å². The van der Waals surface area contributed by atoms with Gasteiger partial charge < -0.3 is 10.3 Å². The van der Waals surface area contributed by atoms with E-state index in [1.807, 2.05) is 10.9 Å². The van der Waals surface area contributed by atoms with E-state index in [2.05, 4.69) is 32.7 Å². The predicted octanol–water partition coefficient (Wildman–Crippen LogP) is 2.07. The van der Waals surface area contributed by atoms with E-state index in [-0.39, 0.29) is 5.41 Å². The number of rotatable bonds is 2. The minimum Gasteiger partial charge on any atom is -0.384 e. The number of hydrogen-bond acceptors (Lipinski definition) is 2. The summed E-state index contributed by atoms with van der Waals surface area (Å²) in [5, 5.41) is 0. The van der Waals surface area contributed by atoms with Gasteiger partial charge in [-0.3, -0.25) is 0 Å². The van der Waals surface area contributed by atoms with E-state index >= 15 is 0 Å². The molecule has 0 atom stereocenters. The molecule has 0 saturated carbocycles. The zero-order valence-corrected chi connectivity index (χ0v) is 8.96.